The lowest BCUT2D eigenvalue weighted by molar-refractivity contribution is 0.102. The van der Waals surface area contributed by atoms with Crippen LogP contribution in [0.2, 0.25) is 5.02 Å². The number of pyridine rings is 3. The van der Waals surface area contributed by atoms with Crippen molar-refractivity contribution in [1.29, 1.82) is 0 Å². The lowest BCUT2D eigenvalue weighted by atomic mass is 10.1. The van der Waals surface area contributed by atoms with E-state index < -0.39 is 11.3 Å². The Kier molecular flexibility index (Phi) is 5.63. The zero-order chi connectivity index (χ0) is 25.4. The van der Waals surface area contributed by atoms with Crippen LogP contribution in [0.15, 0.2) is 102 Å². The van der Waals surface area contributed by atoms with E-state index >= 15 is 0 Å². The number of hydrogen-bond donors (Lipinski definition) is 2. The fourth-order valence-electron chi connectivity index (χ4n) is 4.08. The van der Waals surface area contributed by atoms with Crippen molar-refractivity contribution in [3.8, 4) is 17.2 Å². The monoisotopic (exact) mass is 507 g/mol. The van der Waals surface area contributed by atoms with E-state index in [9.17, 15) is 9.59 Å². The molecule has 0 saturated carbocycles. The molecule has 0 unspecified atom stereocenters. The van der Waals surface area contributed by atoms with E-state index in [-0.39, 0.29) is 5.56 Å². The molecule has 6 aromatic rings. The Hall–Kier alpha value is -4.95. The third kappa shape index (κ3) is 4.30. The molecule has 180 valence electrons. The Bertz CT molecular complexity index is 1830. The molecule has 6 rings (SSSR count). The van der Waals surface area contributed by atoms with Gasteiger partial charge in [0.2, 0.25) is 5.43 Å². The molecule has 2 N–H and O–H groups in total. The summed E-state index contributed by atoms with van der Waals surface area (Å²) in [5, 5.41) is 4.58. The van der Waals surface area contributed by atoms with E-state index in [1.54, 1.807) is 89.9 Å². The van der Waals surface area contributed by atoms with E-state index in [2.05, 4.69) is 20.3 Å². The van der Waals surface area contributed by atoms with Gasteiger partial charge in [0.25, 0.3) is 5.91 Å². The zero-order valence-electron chi connectivity index (χ0n) is 19.2. The van der Waals surface area contributed by atoms with Crippen LogP contribution in [0.1, 0.15) is 10.4 Å². The second kappa shape index (κ2) is 9.25. The first kappa shape index (κ1) is 22.5. The normalized spacial score (nSPS) is 11.1. The molecule has 9 heteroatoms. The van der Waals surface area contributed by atoms with Gasteiger partial charge < -0.3 is 19.6 Å². The molecule has 1 amide bonds. The molecule has 0 aliphatic carbocycles. The van der Waals surface area contributed by atoms with Gasteiger partial charge in [-0.3, -0.25) is 9.59 Å². The molecule has 0 aliphatic heterocycles. The topological polar surface area (TPSA) is 102 Å². The highest BCUT2D eigenvalue weighted by Gasteiger charge is 2.17. The van der Waals surface area contributed by atoms with Crippen LogP contribution in [-0.2, 0) is 0 Å². The van der Waals surface area contributed by atoms with Crippen LogP contribution in [-0.4, -0.2) is 25.4 Å². The molecule has 0 atom stereocenters. The van der Waals surface area contributed by atoms with Crippen LogP contribution in [0.4, 0.5) is 5.69 Å². The third-order valence-electron chi connectivity index (χ3n) is 5.87. The largest absolute Gasteiger partial charge is 0.457 e. The highest BCUT2D eigenvalue weighted by Crippen LogP contribution is 2.29. The Morgan fingerprint density at radius 2 is 1.73 bits per heavy atom. The van der Waals surface area contributed by atoms with Gasteiger partial charge in [-0.25, -0.2) is 9.97 Å². The molecular weight excluding hydrogens is 490 g/mol. The molecular formula is C28H18ClN5O3. The third-order valence-corrected chi connectivity index (χ3v) is 6.12. The molecule has 0 radical (unpaired) electrons. The Morgan fingerprint density at radius 1 is 0.919 bits per heavy atom. The average Bonchev–Trinajstić information content (AvgIpc) is 3.41. The number of carbonyl (C=O) groups is 1. The number of aromatic nitrogens is 4. The smallest absolute Gasteiger partial charge is 0.261 e. The predicted molar refractivity (Wildman–Crippen MR) is 143 cm³/mol. The first-order valence-corrected chi connectivity index (χ1v) is 11.7. The second-order valence-electron chi connectivity index (χ2n) is 8.22. The molecule has 8 nitrogen and oxygen atoms in total. The predicted octanol–water partition coefficient (Wildman–Crippen LogP) is 5.96. The Balaban J connectivity index is 1.29. The number of nitrogens with zero attached hydrogens (tertiary/aromatic N) is 3. The first-order valence-electron chi connectivity index (χ1n) is 11.3. The molecule has 0 fully saturated rings. The number of ether oxygens (including phenoxy) is 1. The molecule has 2 aromatic carbocycles. The maximum Gasteiger partial charge on any atom is 0.261 e. The van der Waals surface area contributed by atoms with Gasteiger partial charge >= 0.3 is 0 Å². The maximum atomic E-state index is 13.2. The molecule has 4 heterocycles. The molecule has 0 saturated heterocycles. The minimum Gasteiger partial charge on any atom is -0.457 e. The van der Waals surface area contributed by atoms with Crippen LogP contribution >= 0.6 is 11.6 Å². The lowest BCUT2D eigenvalue weighted by Gasteiger charge is -2.13. The number of H-pyrrole nitrogens is 1. The van der Waals surface area contributed by atoms with Crippen molar-refractivity contribution in [2.24, 2.45) is 0 Å². The summed E-state index contributed by atoms with van der Waals surface area (Å²) in [5.41, 5.74) is 2.00. The number of nitrogens with one attached hydrogen (secondary N) is 2. The van der Waals surface area contributed by atoms with Gasteiger partial charge in [0.1, 0.15) is 28.4 Å². The number of anilines is 1. The highest BCUT2D eigenvalue weighted by molar-refractivity contribution is 6.30. The molecule has 0 spiro atoms. The summed E-state index contributed by atoms with van der Waals surface area (Å²) in [4.78, 5) is 38.0. The van der Waals surface area contributed by atoms with Crippen LogP contribution in [0.3, 0.4) is 0 Å². The molecule has 4 aromatic heterocycles. The maximum absolute atomic E-state index is 13.2. The minimum atomic E-state index is -0.532. The van der Waals surface area contributed by atoms with Gasteiger partial charge in [-0.1, -0.05) is 11.6 Å². The van der Waals surface area contributed by atoms with Crippen molar-refractivity contribution in [2.45, 2.75) is 0 Å². The van der Waals surface area contributed by atoms with Gasteiger partial charge in [-0.15, -0.1) is 0 Å². The van der Waals surface area contributed by atoms with Crippen molar-refractivity contribution in [2.75, 3.05) is 5.32 Å². The Labute approximate surface area is 215 Å². The summed E-state index contributed by atoms with van der Waals surface area (Å²) < 4.78 is 7.70. The van der Waals surface area contributed by atoms with Crippen LogP contribution in [0.25, 0.3) is 27.8 Å². The van der Waals surface area contributed by atoms with Crippen molar-refractivity contribution in [1.82, 2.24) is 19.5 Å². The van der Waals surface area contributed by atoms with Gasteiger partial charge in [0, 0.05) is 41.2 Å². The summed E-state index contributed by atoms with van der Waals surface area (Å²) in [6.07, 6.45) is 6.56. The fourth-order valence-corrected chi connectivity index (χ4v) is 4.20. The van der Waals surface area contributed by atoms with E-state index in [1.165, 1.54) is 6.20 Å². The number of halogens is 1. The number of aromatic amines is 1. The SMILES string of the molecule is O=C(Nc1ccc(Oc2ccnc3[nH]ccc23)cc1)c1cn(-c2ccc(Cl)cc2)c2ncccc2c1=O. The number of fused-ring (bicyclic) bond motifs is 2. The molecule has 0 bridgehead atoms. The minimum absolute atomic E-state index is 0.0117. The van der Waals surface area contributed by atoms with Gasteiger partial charge in [0.15, 0.2) is 0 Å². The van der Waals surface area contributed by atoms with Gasteiger partial charge in [-0.2, -0.15) is 0 Å². The second-order valence-corrected chi connectivity index (χ2v) is 8.66. The number of carbonyl (C=O) groups excluding carboxylic acids is 1. The summed E-state index contributed by atoms with van der Waals surface area (Å²) in [5.74, 6) is 0.722. The standard InChI is InChI=1S/C28H18ClN5O3/c29-17-3-7-19(8-4-17)34-16-23(25(35)22-2-1-13-32-27(22)34)28(36)33-18-5-9-20(10-6-18)37-24-12-15-31-26-21(24)11-14-30-26/h1-16H,(H,30,31)(H,33,36). The van der Waals surface area contributed by atoms with E-state index in [0.717, 1.165) is 16.7 Å². The van der Waals surface area contributed by atoms with Crippen LogP contribution in [0.5, 0.6) is 11.5 Å². The van der Waals surface area contributed by atoms with Crippen LogP contribution < -0.4 is 15.5 Å². The van der Waals surface area contributed by atoms with Gasteiger partial charge in [-0.05, 0) is 72.8 Å². The van der Waals surface area contributed by atoms with Crippen molar-refractivity contribution in [3.05, 3.63) is 118 Å². The summed E-state index contributed by atoms with van der Waals surface area (Å²) in [6, 6.07) is 21.0. The van der Waals surface area contributed by atoms with E-state index in [0.29, 0.717) is 33.2 Å². The number of benzene rings is 2. The fraction of sp³-hybridized carbons (Fsp3) is 0. The van der Waals surface area contributed by atoms with Crippen molar-refractivity contribution in [3.63, 3.8) is 0 Å². The van der Waals surface area contributed by atoms with Crippen molar-refractivity contribution >= 4 is 45.3 Å². The summed E-state index contributed by atoms with van der Waals surface area (Å²) in [7, 11) is 0. The highest BCUT2D eigenvalue weighted by atomic mass is 35.5. The lowest BCUT2D eigenvalue weighted by Crippen LogP contribution is -2.24. The Morgan fingerprint density at radius 3 is 2.54 bits per heavy atom. The average molecular weight is 508 g/mol. The van der Waals surface area contributed by atoms with Crippen LogP contribution in [0, 0.1) is 0 Å². The van der Waals surface area contributed by atoms with E-state index in [4.69, 9.17) is 16.3 Å². The van der Waals surface area contributed by atoms with E-state index in [1.807, 2.05) is 6.07 Å². The molecule has 37 heavy (non-hydrogen) atoms. The quantitative estimate of drug-likeness (QED) is 0.300. The summed E-state index contributed by atoms with van der Waals surface area (Å²) >= 11 is 6.04. The van der Waals surface area contributed by atoms with Crippen molar-refractivity contribution < 1.29 is 9.53 Å². The number of rotatable bonds is 5. The first-order chi connectivity index (χ1) is 18.1. The number of amides is 1. The van der Waals surface area contributed by atoms with Gasteiger partial charge in [0.05, 0.1) is 10.8 Å². The summed E-state index contributed by atoms with van der Waals surface area (Å²) in [6.45, 7) is 0. The molecule has 0 aliphatic rings. The zero-order valence-corrected chi connectivity index (χ0v) is 19.9. The number of hydrogen-bond acceptors (Lipinski definition) is 5.